The highest BCUT2D eigenvalue weighted by Gasteiger charge is 2.14. The number of amides is 1. The van der Waals surface area contributed by atoms with E-state index in [9.17, 15) is 4.79 Å². The highest BCUT2D eigenvalue weighted by atomic mass is 79.9. The van der Waals surface area contributed by atoms with Gasteiger partial charge in [0, 0.05) is 23.0 Å². The predicted octanol–water partition coefficient (Wildman–Crippen LogP) is 2.72. The van der Waals surface area contributed by atoms with Crippen molar-refractivity contribution >= 4 is 34.5 Å². The molecule has 84 valence electrons. The van der Waals surface area contributed by atoms with Crippen LogP contribution in [0.2, 0.25) is 0 Å². The quantitative estimate of drug-likeness (QED) is 0.872. The third-order valence-corrected chi connectivity index (χ3v) is 2.96. The van der Waals surface area contributed by atoms with Crippen LogP contribution in [0.5, 0.6) is 0 Å². The maximum atomic E-state index is 11.9. The molecule has 0 spiro atoms. The summed E-state index contributed by atoms with van der Waals surface area (Å²) >= 11 is 7.56. The molecule has 0 unspecified atom stereocenters. The van der Waals surface area contributed by atoms with Crippen LogP contribution in [-0.2, 0) is 0 Å². The van der Waals surface area contributed by atoms with Gasteiger partial charge in [-0.05, 0) is 18.2 Å². The number of thiol groups is 1. The molecule has 0 fully saturated rings. The maximum absolute atomic E-state index is 11.9. The van der Waals surface area contributed by atoms with E-state index in [-0.39, 0.29) is 5.91 Å². The molecule has 0 aliphatic heterocycles. The summed E-state index contributed by atoms with van der Waals surface area (Å²) in [6, 6.07) is 7.30. The van der Waals surface area contributed by atoms with Crippen molar-refractivity contribution in [3.8, 4) is 6.07 Å². The number of halogens is 1. The fourth-order valence-corrected chi connectivity index (χ4v) is 2.06. The lowest BCUT2D eigenvalue weighted by Gasteiger charge is -2.16. The number of nitrogens with zero attached hydrogens (tertiary/aromatic N) is 2. The molecule has 0 aromatic heterocycles. The molecular formula is C11H11BrN2OS. The maximum Gasteiger partial charge on any atom is 0.254 e. The molecule has 0 heterocycles. The standard InChI is InChI=1S/C11H11BrN2OS/c1-14(6-2-5-13)11(15)9-4-3-8(12)7-10(9)16/h3-4,7,16H,2,6H2,1H3. The minimum Gasteiger partial charge on any atom is -0.341 e. The lowest BCUT2D eigenvalue weighted by molar-refractivity contribution is 0.0794. The van der Waals surface area contributed by atoms with Crippen molar-refractivity contribution in [2.75, 3.05) is 13.6 Å². The second kappa shape index (κ2) is 5.92. The van der Waals surface area contributed by atoms with Crippen molar-refractivity contribution in [2.24, 2.45) is 0 Å². The first-order valence-electron chi connectivity index (χ1n) is 4.67. The Morgan fingerprint density at radius 3 is 2.88 bits per heavy atom. The topological polar surface area (TPSA) is 44.1 Å². The number of nitriles is 1. The molecule has 3 nitrogen and oxygen atoms in total. The van der Waals surface area contributed by atoms with Gasteiger partial charge in [0.25, 0.3) is 5.91 Å². The third-order valence-electron chi connectivity index (χ3n) is 2.10. The zero-order valence-corrected chi connectivity index (χ0v) is 11.3. The minimum atomic E-state index is -0.118. The summed E-state index contributed by atoms with van der Waals surface area (Å²) in [7, 11) is 1.68. The molecule has 1 amide bonds. The first-order chi connectivity index (χ1) is 7.56. The number of benzene rings is 1. The van der Waals surface area contributed by atoms with Gasteiger partial charge in [-0.15, -0.1) is 12.6 Å². The van der Waals surface area contributed by atoms with E-state index >= 15 is 0 Å². The predicted molar refractivity (Wildman–Crippen MR) is 68.6 cm³/mol. The number of carbonyl (C=O) groups excluding carboxylic acids is 1. The summed E-state index contributed by atoms with van der Waals surface area (Å²) in [5.74, 6) is -0.118. The summed E-state index contributed by atoms with van der Waals surface area (Å²) in [6.45, 7) is 0.429. The Labute approximate surface area is 109 Å². The van der Waals surface area contributed by atoms with E-state index in [1.54, 1.807) is 25.2 Å². The number of carbonyl (C=O) groups is 1. The van der Waals surface area contributed by atoms with Crippen LogP contribution in [-0.4, -0.2) is 24.4 Å². The fraction of sp³-hybridized carbons (Fsp3) is 0.273. The average Bonchev–Trinajstić information content (AvgIpc) is 2.25. The summed E-state index contributed by atoms with van der Waals surface area (Å²) < 4.78 is 0.883. The lowest BCUT2D eigenvalue weighted by atomic mass is 10.2. The van der Waals surface area contributed by atoms with Crippen LogP contribution in [0.25, 0.3) is 0 Å². The second-order valence-electron chi connectivity index (χ2n) is 3.30. The SMILES string of the molecule is CN(CCC#N)C(=O)c1ccc(Br)cc1S. The molecule has 16 heavy (non-hydrogen) atoms. The highest BCUT2D eigenvalue weighted by molar-refractivity contribution is 9.10. The molecule has 0 aliphatic rings. The van der Waals surface area contributed by atoms with Crippen molar-refractivity contribution in [3.63, 3.8) is 0 Å². The van der Waals surface area contributed by atoms with Crippen LogP contribution >= 0.6 is 28.6 Å². The van der Waals surface area contributed by atoms with Crippen molar-refractivity contribution < 1.29 is 4.79 Å². The van der Waals surface area contributed by atoms with E-state index in [1.807, 2.05) is 6.07 Å². The smallest absolute Gasteiger partial charge is 0.254 e. The van der Waals surface area contributed by atoms with E-state index in [4.69, 9.17) is 5.26 Å². The van der Waals surface area contributed by atoms with E-state index < -0.39 is 0 Å². The third kappa shape index (κ3) is 3.26. The van der Waals surface area contributed by atoms with E-state index in [2.05, 4.69) is 28.6 Å². The lowest BCUT2D eigenvalue weighted by Crippen LogP contribution is -2.27. The molecule has 0 radical (unpaired) electrons. The molecule has 0 bridgehead atoms. The monoisotopic (exact) mass is 298 g/mol. The first-order valence-corrected chi connectivity index (χ1v) is 5.91. The van der Waals surface area contributed by atoms with Crippen LogP contribution in [0.1, 0.15) is 16.8 Å². The second-order valence-corrected chi connectivity index (χ2v) is 4.69. The Kier molecular flexibility index (Phi) is 4.84. The van der Waals surface area contributed by atoms with Crippen LogP contribution in [0.15, 0.2) is 27.6 Å². The Bertz CT molecular complexity index is 442. The summed E-state index contributed by atoms with van der Waals surface area (Å²) in [5.41, 5.74) is 0.548. The molecule has 1 aromatic carbocycles. The molecule has 0 saturated carbocycles. The van der Waals surface area contributed by atoms with Crippen molar-refractivity contribution in [2.45, 2.75) is 11.3 Å². The number of hydrogen-bond donors (Lipinski definition) is 1. The molecular weight excluding hydrogens is 288 g/mol. The van der Waals surface area contributed by atoms with Gasteiger partial charge in [0.15, 0.2) is 0 Å². The summed E-state index contributed by atoms with van der Waals surface area (Å²) in [5, 5.41) is 8.45. The van der Waals surface area contributed by atoms with Gasteiger partial charge in [-0.2, -0.15) is 5.26 Å². The van der Waals surface area contributed by atoms with Crippen molar-refractivity contribution in [1.82, 2.24) is 4.90 Å². The van der Waals surface area contributed by atoms with E-state index in [0.717, 1.165) is 4.47 Å². The average molecular weight is 299 g/mol. The van der Waals surface area contributed by atoms with Crippen molar-refractivity contribution in [3.05, 3.63) is 28.2 Å². The molecule has 1 aromatic rings. The Hall–Kier alpha value is -0.990. The van der Waals surface area contributed by atoms with Crippen LogP contribution in [0.4, 0.5) is 0 Å². The largest absolute Gasteiger partial charge is 0.341 e. The molecule has 0 aliphatic carbocycles. The molecule has 5 heteroatoms. The van der Waals surface area contributed by atoms with Crippen molar-refractivity contribution in [1.29, 1.82) is 5.26 Å². The molecule has 0 atom stereocenters. The van der Waals surface area contributed by atoms with Crippen LogP contribution in [0.3, 0.4) is 0 Å². The summed E-state index contributed by atoms with van der Waals surface area (Å²) in [6.07, 6.45) is 0.334. The fourth-order valence-electron chi connectivity index (χ4n) is 1.21. The Balaban J connectivity index is 2.84. The van der Waals surface area contributed by atoms with Gasteiger partial charge in [-0.25, -0.2) is 0 Å². The van der Waals surface area contributed by atoms with E-state index in [1.165, 1.54) is 4.90 Å². The Morgan fingerprint density at radius 2 is 2.31 bits per heavy atom. The van der Waals surface area contributed by atoms with Gasteiger partial charge in [0.1, 0.15) is 0 Å². The normalized spacial score (nSPS) is 9.62. The number of rotatable bonds is 3. The van der Waals surface area contributed by atoms with E-state index in [0.29, 0.717) is 23.4 Å². The molecule has 0 saturated heterocycles. The molecule has 0 N–H and O–H groups in total. The Morgan fingerprint density at radius 1 is 1.62 bits per heavy atom. The van der Waals surface area contributed by atoms with Crippen LogP contribution < -0.4 is 0 Å². The van der Waals surface area contributed by atoms with Gasteiger partial charge in [0.2, 0.25) is 0 Å². The zero-order valence-electron chi connectivity index (χ0n) is 8.77. The minimum absolute atomic E-state index is 0.118. The van der Waals surface area contributed by atoms with Crippen LogP contribution in [0, 0.1) is 11.3 Å². The van der Waals surface area contributed by atoms with Gasteiger partial charge in [0.05, 0.1) is 18.1 Å². The molecule has 1 rings (SSSR count). The zero-order chi connectivity index (χ0) is 12.1. The van der Waals surface area contributed by atoms with Gasteiger partial charge in [-0.3, -0.25) is 4.79 Å². The summed E-state index contributed by atoms with van der Waals surface area (Å²) in [4.78, 5) is 14.1. The van der Waals surface area contributed by atoms with Gasteiger partial charge < -0.3 is 4.90 Å². The highest BCUT2D eigenvalue weighted by Crippen LogP contribution is 2.20. The van der Waals surface area contributed by atoms with Gasteiger partial charge >= 0.3 is 0 Å². The number of hydrogen-bond acceptors (Lipinski definition) is 3. The first kappa shape index (κ1) is 13.1. The van der Waals surface area contributed by atoms with Gasteiger partial charge in [-0.1, -0.05) is 15.9 Å².